The molecule has 8 nitrogen and oxygen atoms in total. The molecule has 4 rings (SSSR count). The average molecular weight is 504 g/mol. The fourth-order valence-electron chi connectivity index (χ4n) is 4.74. The first-order valence-electron chi connectivity index (χ1n) is 11.7. The molecule has 2 aliphatic rings. The summed E-state index contributed by atoms with van der Waals surface area (Å²) in [7, 11) is -4.22. The van der Waals surface area contributed by atoms with Gasteiger partial charge in [0.25, 0.3) is 10.0 Å². The van der Waals surface area contributed by atoms with Crippen molar-refractivity contribution in [2.75, 3.05) is 42.8 Å². The third-order valence-electron chi connectivity index (χ3n) is 6.60. The van der Waals surface area contributed by atoms with Crippen LogP contribution < -0.4 is 10.0 Å². The summed E-state index contributed by atoms with van der Waals surface area (Å²) in [5.74, 6) is -1.75. The molecule has 0 spiro atoms. The lowest BCUT2D eigenvalue weighted by Gasteiger charge is -2.30. The number of hydrogen-bond acceptors (Lipinski definition) is 6. The Kier molecular flexibility index (Phi) is 7.44. The highest BCUT2D eigenvalue weighted by atomic mass is 32.2. The summed E-state index contributed by atoms with van der Waals surface area (Å²) in [6.07, 6.45) is 4.11. The van der Waals surface area contributed by atoms with Gasteiger partial charge in [0.15, 0.2) is 0 Å². The van der Waals surface area contributed by atoms with E-state index >= 15 is 0 Å². The normalized spacial score (nSPS) is 19.4. The van der Waals surface area contributed by atoms with Crippen molar-refractivity contribution in [3.05, 3.63) is 58.9 Å². The number of hydrogen-bond donors (Lipinski definition) is 3. The highest BCUT2D eigenvalue weighted by Gasteiger charge is 2.37. The minimum absolute atomic E-state index is 0.0309. The number of likely N-dealkylation sites (N-methyl/N-ethyl adjacent to an activating group) is 1. The van der Waals surface area contributed by atoms with E-state index in [0.717, 1.165) is 37.2 Å². The van der Waals surface area contributed by atoms with E-state index in [1.165, 1.54) is 12.1 Å². The minimum atomic E-state index is -4.22. The van der Waals surface area contributed by atoms with Crippen LogP contribution in [0.2, 0.25) is 0 Å². The van der Waals surface area contributed by atoms with Gasteiger partial charge in [-0.15, -0.1) is 0 Å². The van der Waals surface area contributed by atoms with Crippen LogP contribution in [-0.4, -0.2) is 63.3 Å². The molecule has 35 heavy (non-hydrogen) atoms. The quantitative estimate of drug-likeness (QED) is 0.475. The SMILES string of the molecule is CCN(CC)C/C=C\c1cc(F)ccc1S(=O)(=O)Nc1ccc2c(c1C(=O)O)NC[C@@H]1OCC[C@H]21. The van der Waals surface area contributed by atoms with Gasteiger partial charge in [0.05, 0.1) is 22.4 Å². The molecule has 188 valence electrons. The zero-order valence-corrected chi connectivity index (χ0v) is 20.6. The maximum absolute atomic E-state index is 14.0. The average Bonchev–Trinajstić information content (AvgIpc) is 3.30. The molecule has 3 N–H and O–H groups in total. The summed E-state index contributed by atoms with van der Waals surface area (Å²) in [6, 6.07) is 6.63. The fourth-order valence-corrected chi connectivity index (χ4v) is 5.99. The Balaban J connectivity index is 1.68. The summed E-state index contributed by atoms with van der Waals surface area (Å²) >= 11 is 0. The lowest BCUT2D eigenvalue weighted by molar-refractivity contribution is 0.0697. The van der Waals surface area contributed by atoms with Crippen molar-refractivity contribution in [2.45, 2.75) is 37.2 Å². The first-order valence-corrected chi connectivity index (χ1v) is 13.2. The Morgan fingerprint density at radius 1 is 1.29 bits per heavy atom. The Bertz CT molecular complexity index is 1240. The fraction of sp³-hybridized carbons (Fsp3) is 0.400. The molecule has 2 atom stereocenters. The van der Waals surface area contributed by atoms with E-state index in [9.17, 15) is 22.7 Å². The Morgan fingerprint density at radius 2 is 2.06 bits per heavy atom. The molecule has 2 aromatic carbocycles. The van der Waals surface area contributed by atoms with Gasteiger partial charge in [-0.3, -0.25) is 4.72 Å². The van der Waals surface area contributed by atoms with Crippen molar-refractivity contribution in [3.63, 3.8) is 0 Å². The van der Waals surface area contributed by atoms with Crippen molar-refractivity contribution in [2.24, 2.45) is 0 Å². The van der Waals surface area contributed by atoms with Crippen LogP contribution in [0.1, 0.15) is 47.7 Å². The predicted octanol–water partition coefficient (Wildman–Crippen LogP) is 3.98. The van der Waals surface area contributed by atoms with E-state index in [1.807, 2.05) is 13.8 Å². The largest absolute Gasteiger partial charge is 0.478 e. The molecule has 2 aliphatic heterocycles. The standard InChI is InChI=1S/C25H30FN3O5S/c1-3-29(4-2)12-5-6-16-14-17(26)7-10-22(16)35(32,33)28-20-9-8-19-18-11-13-34-21(18)15-27-24(19)23(20)25(30)31/h5-10,14,18,21,27-28H,3-4,11-13,15H2,1-2H3,(H,30,31)/b6-5-/t18-,21+/m1/s1. The van der Waals surface area contributed by atoms with Gasteiger partial charge in [-0.05, 0) is 54.9 Å². The second kappa shape index (κ2) is 10.3. The van der Waals surface area contributed by atoms with Gasteiger partial charge in [-0.1, -0.05) is 32.1 Å². The molecule has 2 aromatic rings. The van der Waals surface area contributed by atoms with Crippen LogP contribution in [0.3, 0.4) is 0 Å². The molecular formula is C25H30FN3O5S. The number of carbonyl (C=O) groups is 1. The second-order valence-electron chi connectivity index (χ2n) is 8.62. The van der Waals surface area contributed by atoms with Gasteiger partial charge in [0.2, 0.25) is 0 Å². The number of nitrogens with one attached hydrogen (secondary N) is 2. The maximum Gasteiger partial charge on any atom is 0.339 e. The molecule has 0 saturated carbocycles. The second-order valence-corrected chi connectivity index (χ2v) is 10.3. The number of anilines is 2. The molecule has 0 bridgehead atoms. The highest BCUT2D eigenvalue weighted by Crippen LogP contribution is 2.43. The smallest absolute Gasteiger partial charge is 0.339 e. The number of halogens is 1. The Morgan fingerprint density at radius 3 is 2.77 bits per heavy atom. The summed E-state index contributed by atoms with van der Waals surface area (Å²) in [5.41, 5.74) is 1.20. The van der Waals surface area contributed by atoms with Crippen LogP contribution in [0.5, 0.6) is 0 Å². The number of carboxylic acid groups (broad SMARTS) is 1. The van der Waals surface area contributed by atoms with Crippen molar-refractivity contribution in [1.82, 2.24) is 4.90 Å². The number of fused-ring (bicyclic) bond motifs is 3. The molecule has 1 saturated heterocycles. The van der Waals surface area contributed by atoms with E-state index in [2.05, 4.69) is 14.9 Å². The van der Waals surface area contributed by atoms with Gasteiger partial charge in [-0.2, -0.15) is 0 Å². The molecule has 1 fully saturated rings. The van der Waals surface area contributed by atoms with Crippen LogP contribution in [0.4, 0.5) is 15.8 Å². The highest BCUT2D eigenvalue weighted by molar-refractivity contribution is 7.92. The van der Waals surface area contributed by atoms with Crippen molar-refractivity contribution in [3.8, 4) is 0 Å². The number of sulfonamides is 1. The zero-order chi connectivity index (χ0) is 25.2. The summed E-state index contributed by atoms with van der Waals surface area (Å²) in [4.78, 5) is 14.2. The van der Waals surface area contributed by atoms with Crippen LogP contribution in [0, 0.1) is 5.82 Å². The molecule has 2 heterocycles. The number of aromatic carboxylic acids is 1. The lowest BCUT2D eigenvalue weighted by atomic mass is 9.86. The van der Waals surface area contributed by atoms with Crippen LogP contribution in [0.25, 0.3) is 6.08 Å². The summed E-state index contributed by atoms with van der Waals surface area (Å²) in [6.45, 7) is 7.33. The molecule has 0 radical (unpaired) electrons. The molecular weight excluding hydrogens is 473 g/mol. The predicted molar refractivity (Wildman–Crippen MR) is 133 cm³/mol. The zero-order valence-electron chi connectivity index (χ0n) is 19.8. The molecule has 0 aromatic heterocycles. The molecule has 0 unspecified atom stereocenters. The van der Waals surface area contributed by atoms with Gasteiger partial charge in [0, 0.05) is 25.6 Å². The third kappa shape index (κ3) is 5.19. The monoisotopic (exact) mass is 503 g/mol. The number of carboxylic acids is 1. The Hall–Kier alpha value is -2.95. The van der Waals surface area contributed by atoms with Crippen molar-refractivity contribution >= 4 is 33.4 Å². The van der Waals surface area contributed by atoms with Crippen molar-refractivity contribution < 1.29 is 27.4 Å². The van der Waals surface area contributed by atoms with E-state index < -0.39 is 21.8 Å². The Labute approximate surface area is 204 Å². The van der Waals surface area contributed by atoms with E-state index in [0.29, 0.717) is 25.4 Å². The maximum atomic E-state index is 14.0. The van der Waals surface area contributed by atoms with Crippen LogP contribution in [-0.2, 0) is 14.8 Å². The third-order valence-corrected chi connectivity index (χ3v) is 8.04. The molecule has 0 aliphatic carbocycles. The number of rotatable bonds is 9. The van der Waals surface area contributed by atoms with E-state index in [1.54, 1.807) is 18.2 Å². The lowest BCUT2D eigenvalue weighted by Crippen LogP contribution is -2.31. The van der Waals surface area contributed by atoms with E-state index in [-0.39, 0.29) is 33.7 Å². The van der Waals surface area contributed by atoms with E-state index in [4.69, 9.17) is 4.74 Å². The van der Waals surface area contributed by atoms with Gasteiger partial charge >= 0.3 is 5.97 Å². The van der Waals surface area contributed by atoms with Crippen LogP contribution in [0.15, 0.2) is 41.3 Å². The van der Waals surface area contributed by atoms with Gasteiger partial charge in [-0.25, -0.2) is 17.6 Å². The first kappa shape index (κ1) is 25.2. The number of benzene rings is 2. The van der Waals surface area contributed by atoms with Crippen LogP contribution >= 0.6 is 0 Å². The minimum Gasteiger partial charge on any atom is -0.478 e. The summed E-state index contributed by atoms with van der Waals surface area (Å²) < 4.78 is 48.8. The number of ether oxygens (including phenoxy) is 1. The molecule has 0 amide bonds. The molecule has 10 heteroatoms. The first-order chi connectivity index (χ1) is 16.7. The van der Waals surface area contributed by atoms with Crippen molar-refractivity contribution in [1.29, 1.82) is 0 Å². The summed E-state index contributed by atoms with van der Waals surface area (Å²) in [5, 5.41) is 13.1. The van der Waals surface area contributed by atoms with Gasteiger partial charge in [0.1, 0.15) is 11.4 Å². The van der Waals surface area contributed by atoms with Gasteiger partial charge < -0.3 is 20.1 Å². The number of nitrogens with zero attached hydrogens (tertiary/aromatic N) is 1. The topological polar surface area (TPSA) is 108 Å².